The average Bonchev–Trinajstić information content (AvgIpc) is 2.66. The second-order valence-electron chi connectivity index (χ2n) is 6.94. The summed E-state index contributed by atoms with van der Waals surface area (Å²) in [5.74, 6) is 1.00. The van der Waals surface area contributed by atoms with E-state index in [0.29, 0.717) is 36.5 Å². The molecule has 3 heterocycles. The molecule has 2 fully saturated rings. The van der Waals surface area contributed by atoms with Gasteiger partial charge in [0.05, 0.1) is 17.1 Å². The molecule has 0 bridgehead atoms. The lowest BCUT2D eigenvalue weighted by atomic mass is 9.84. The van der Waals surface area contributed by atoms with E-state index in [1.807, 2.05) is 6.07 Å². The minimum Gasteiger partial charge on any atom is -0.372 e. The van der Waals surface area contributed by atoms with Crippen LogP contribution in [-0.2, 0) is 14.8 Å². The number of aromatic nitrogens is 2. The van der Waals surface area contributed by atoms with Gasteiger partial charge in [-0.25, -0.2) is 18.4 Å². The standard InChI is InChI=1S/C18H22N4O3S/c23-26(24,16-5-2-1-3-6-16)22-13-18(14-22)8-7-15(12-25-18)11-21-17-19-9-4-10-20-17/h1-6,9-10,15H,7-8,11-14H2,(H,19,20,21). The highest BCUT2D eigenvalue weighted by Gasteiger charge is 2.51. The number of ether oxygens (including phenoxy) is 1. The van der Waals surface area contributed by atoms with Gasteiger partial charge in [0.15, 0.2) is 0 Å². The molecular formula is C18H22N4O3S. The minimum absolute atomic E-state index is 0.318. The molecule has 0 radical (unpaired) electrons. The van der Waals surface area contributed by atoms with Crippen LogP contribution in [-0.4, -0.2) is 54.5 Å². The van der Waals surface area contributed by atoms with Crippen molar-refractivity contribution < 1.29 is 13.2 Å². The molecule has 2 aromatic rings. The van der Waals surface area contributed by atoms with Crippen LogP contribution in [0, 0.1) is 5.92 Å². The molecule has 1 atom stereocenters. The maximum Gasteiger partial charge on any atom is 0.243 e. The Balaban J connectivity index is 1.28. The lowest BCUT2D eigenvalue weighted by molar-refractivity contribution is -0.155. The van der Waals surface area contributed by atoms with Crippen molar-refractivity contribution in [1.82, 2.24) is 14.3 Å². The lowest BCUT2D eigenvalue weighted by Crippen LogP contribution is -2.66. The summed E-state index contributed by atoms with van der Waals surface area (Å²) < 4.78 is 32.8. The molecule has 2 aliphatic rings. The van der Waals surface area contributed by atoms with Crippen LogP contribution in [0.15, 0.2) is 53.7 Å². The van der Waals surface area contributed by atoms with Crippen LogP contribution < -0.4 is 5.32 Å². The number of sulfonamides is 1. The first-order chi connectivity index (χ1) is 12.6. The van der Waals surface area contributed by atoms with E-state index in [2.05, 4.69) is 15.3 Å². The fraction of sp³-hybridized carbons (Fsp3) is 0.444. The van der Waals surface area contributed by atoms with Gasteiger partial charge >= 0.3 is 0 Å². The van der Waals surface area contributed by atoms with Crippen molar-refractivity contribution in [2.75, 3.05) is 31.6 Å². The lowest BCUT2D eigenvalue weighted by Gasteiger charge is -2.51. The van der Waals surface area contributed by atoms with Crippen LogP contribution in [0.1, 0.15) is 12.8 Å². The van der Waals surface area contributed by atoms with Gasteiger partial charge in [0.25, 0.3) is 0 Å². The molecule has 138 valence electrons. The number of anilines is 1. The van der Waals surface area contributed by atoms with Gasteiger partial charge in [0.2, 0.25) is 16.0 Å². The summed E-state index contributed by atoms with van der Waals surface area (Å²) >= 11 is 0. The number of nitrogens with zero attached hydrogens (tertiary/aromatic N) is 3. The third-order valence-corrected chi connectivity index (χ3v) is 6.86. The van der Waals surface area contributed by atoms with Gasteiger partial charge in [0, 0.05) is 32.0 Å². The van der Waals surface area contributed by atoms with Crippen molar-refractivity contribution >= 4 is 16.0 Å². The van der Waals surface area contributed by atoms with Crippen LogP contribution in [0.3, 0.4) is 0 Å². The third kappa shape index (κ3) is 3.44. The van der Waals surface area contributed by atoms with E-state index in [4.69, 9.17) is 4.74 Å². The molecule has 0 saturated carbocycles. The van der Waals surface area contributed by atoms with Gasteiger partial charge in [0.1, 0.15) is 0 Å². The van der Waals surface area contributed by atoms with Crippen LogP contribution >= 0.6 is 0 Å². The van der Waals surface area contributed by atoms with E-state index >= 15 is 0 Å². The van der Waals surface area contributed by atoms with Gasteiger partial charge < -0.3 is 10.1 Å². The molecule has 4 rings (SSSR count). The van der Waals surface area contributed by atoms with Crippen LogP contribution in [0.4, 0.5) is 5.95 Å². The summed E-state index contributed by atoms with van der Waals surface area (Å²) in [7, 11) is -3.41. The molecule has 0 aliphatic carbocycles. The molecule has 8 heteroatoms. The topological polar surface area (TPSA) is 84.4 Å². The summed E-state index contributed by atoms with van der Waals surface area (Å²) in [6.45, 7) is 2.25. The van der Waals surface area contributed by atoms with E-state index < -0.39 is 10.0 Å². The first kappa shape index (κ1) is 17.4. The molecule has 2 saturated heterocycles. The quantitative estimate of drug-likeness (QED) is 0.858. The first-order valence-electron chi connectivity index (χ1n) is 8.78. The highest BCUT2D eigenvalue weighted by molar-refractivity contribution is 7.89. The van der Waals surface area contributed by atoms with E-state index in [9.17, 15) is 8.42 Å². The van der Waals surface area contributed by atoms with E-state index in [1.165, 1.54) is 4.31 Å². The molecule has 1 unspecified atom stereocenters. The zero-order chi connectivity index (χ0) is 18.0. The SMILES string of the molecule is O=S(=O)(c1ccccc1)N1CC2(CCC(CNc3ncccn3)CO2)C1. The van der Waals surface area contributed by atoms with Gasteiger partial charge in [-0.1, -0.05) is 18.2 Å². The summed E-state index contributed by atoms with van der Waals surface area (Å²) in [5.41, 5.74) is -0.318. The highest BCUT2D eigenvalue weighted by Crippen LogP contribution is 2.38. The smallest absolute Gasteiger partial charge is 0.243 e. The fourth-order valence-corrected chi connectivity index (χ4v) is 5.07. The Labute approximate surface area is 153 Å². The van der Waals surface area contributed by atoms with Crippen LogP contribution in [0.2, 0.25) is 0 Å². The van der Waals surface area contributed by atoms with Gasteiger partial charge in [-0.15, -0.1) is 0 Å². The molecule has 1 aromatic heterocycles. The molecule has 1 aromatic carbocycles. The average molecular weight is 374 g/mol. The van der Waals surface area contributed by atoms with E-state index in [-0.39, 0.29) is 5.60 Å². The molecule has 0 amide bonds. The molecule has 1 spiro atoms. The Morgan fingerprint density at radius 1 is 1.15 bits per heavy atom. The Morgan fingerprint density at radius 3 is 2.54 bits per heavy atom. The molecule has 7 nitrogen and oxygen atoms in total. The van der Waals surface area contributed by atoms with E-state index in [0.717, 1.165) is 19.4 Å². The van der Waals surface area contributed by atoms with Gasteiger partial charge in [-0.3, -0.25) is 0 Å². The summed E-state index contributed by atoms with van der Waals surface area (Å²) in [5, 5.41) is 3.22. The normalized spacial score (nSPS) is 22.7. The summed E-state index contributed by atoms with van der Waals surface area (Å²) in [6, 6.07) is 10.4. The molecule has 26 heavy (non-hydrogen) atoms. The predicted molar refractivity (Wildman–Crippen MR) is 97.1 cm³/mol. The third-order valence-electron chi connectivity index (χ3n) is 5.06. The Kier molecular flexibility index (Phi) is 4.64. The molecular weight excluding hydrogens is 352 g/mol. The zero-order valence-corrected chi connectivity index (χ0v) is 15.2. The van der Waals surface area contributed by atoms with Crippen LogP contribution in [0.25, 0.3) is 0 Å². The van der Waals surface area contributed by atoms with Gasteiger partial charge in [-0.05, 0) is 37.0 Å². The summed E-state index contributed by atoms with van der Waals surface area (Å²) in [6.07, 6.45) is 5.28. The van der Waals surface area contributed by atoms with Crippen molar-refractivity contribution in [2.24, 2.45) is 5.92 Å². The van der Waals surface area contributed by atoms with E-state index in [1.54, 1.807) is 42.7 Å². The number of rotatable bonds is 5. The van der Waals surface area contributed by atoms with Crippen molar-refractivity contribution in [3.63, 3.8) is 0 Å². The van der Waals surface area contributed by atoms with Crippen molar-refractivity contribution in [1.29, 1.82) is 0 Å². The number of benzene rings is 1. The van der Waals surface area contributed by atoms with Crippen molar-refractivity contribution in [3.8, 4) is 0 Å². The highest BCUT2D eigenvalue weighted by atomic mass is 32.2. The maximum atomic E-state index is 12.6. The molecule has 2 aliphatic heterocycles. The fourth-order valence-electron chi connectivity index (χ4n) is 3.46. The Hall–Kier alpha value is -2.03. The predicted octanol–water partition coefficient (Wildman–Crippen LogP) is 1.76. The van der Waals surface area contributed by atoms with Crippen molar-refractivity contribution in [2.45, 2.75) is 23.3 Å². The summed E-state index contributed by atoms with van der Waals surface area (Å²) in [4.78, 5) is 8.64. The Morgan fingerprint density at radius 2 is 1.88 bits per heavy atom. The second-order valence-corrected chi connectivity index (χ2v) is 8.88. The monoisotopic (exact) mass is 374 g/mol. The van der Waals surface area contributed by atoms with Crippen LogP contribution in [0.5, 0.6) is 0 Å². The first-order valence-corrected chi connectivity index (χ1v) is 10.2. The number of nitrogens with one attached hydrogen (secondary N) is 1. The largest absolute Gasteiger partial charge is 0.372 e. The maximum absolute atomic E-state index is 12.6. The van der Waals surface area contributed by atoms with Gasteiger partial charge in [-0.2, -0.15) is 4.31 Å². The van der Waals surface area contributed by atoms with Crippen molar-refractivity contribution in [3.05, 3.63) is 48.8 Å². The second kappa shape index (κ2) is 6.94. The minimum atomic E-state index is -3.41. The zero-order valence-electron chi connectivity index (χ0n) is 14.4. The Bertz CT molecular complexity index is 829. The number of hydrogen-bond donors (Lipinski definition) is 1. The molecule has 1 N–H and O–H groups in total. The number of hydrogen-bond acceptors (Lipinski definition) is 6.